The first kappa shape index (κ1) is 20.5. The van der Waals surface area contributed by atoms with Crippen LogP contribution in [0.1, 0.15) is 18.9 Å². The molecule has 0 radical (unpaired) electrons. The second kappa shape index (κ2) is 8.14. The second-order valence-electron chi connectivity index (χ2n) is 7.70. The molecule has 4 rings (SSSR count). The Bertz CT molecular complexity index is 941. The maximum atomic E-state index is 12.5. The molecule has 0 aliphatic carbocycles. The van der Waals surface area contributed by atoms with E-state index >= 15 is 0 Å². The Morgan fingerprint density at radius 3 is 2.43 bits per heavy atom. The van der Waals surface area contributed by atoms with Crippen LogP contribution in [0, 0.1) is 0 Å². The smallest absolute Gasteiger partial charge is 0.406 e. The van der Waals surface area contributed by atoms with Crippen molar-refractivity contribution >= 4 is 17.6 Å². The minimum atomic E-state index is -4.71. The largest absolute Gasteiger partial charge is 0.573 e. The van der Waals surface area contributed by atoms with Crippen molar-refractivity contribution in [3.05, 3.63) is 35.9 Å². The van der Waals surface area contributed by atoms with Crippen molar-refractivity contribution in [1.82, 2.24) is 15.1 Å². The lowest BCUT2D eigenvalue weighted by molar-refractivity contribution is -0.274. The number of hydrogen-bond donors (Lipinski definition) is 1. The number of H-pyrrole nitrogens is 1. The standard InChI is InChI=1S/C21H24F3N5O/c1-14-13-16(7-8-25-14)18-19(15-3-5-17(6-4-15)30-21(22,23)24)26-27-20(18)29-11-9-28(2)10-12-29/h3-8,14H,9-13H2,1-2H3,(H,26,27). The number of aromatic nitrogens is 2. The average molecular weight is 419 g/mol. The molecule has 6 nitrogen and oxygen atoms in total. The monoisotopic (exact) mass is 419 g/mol. The molecule has 2 aliphatic rings. The van der Waals surface area contributed by atoms with Crippen molar-refractivity contribution in [2.75, 3.05) is 38.1 Å². The number of hydrogen-bond acceptors (Lipinski definition) is 5. The van der Waals surface area contributed by atoms with E-state index in [0.717, 1.165) is 60.8 Å². The van der Waals surface area contributed by atoms with Gasteiger partial charge in [0.05, 0.1) is 11.7 Å². The van der Waals surface area contributed by atoms with Crippen LogP contribution in [0.4, 0.5) is 19.0 Å². The molecule has 1 unspecified atom stereocenters. The van der Waals surface area contributed by atoms with Gasteiger partial charge in [0.25, 0.3) is 0 Å². The summed E-state index contributed by atoms with van der Waals surface area (Å²) < 4.78 is 41.4. The van der Waals surface area contributed by atoms with E-state index in [0.29, 0.717) is 0 Å². The molecule has 0 bridgehead atoms. The lowest BCUT2D eigenvalue weighted by Crippen LogP contribution is -2.45. The third-order valence-corrected chi connectivity index (χ3v) is 5.38. The van der Waals surface area contributed by atoms with Crippen molar-refractivity contribution < 1.29 is 17.9 Å². The highest BCUT2D eigenvalue weighted by atomic mass is 19.4. The highest BCUT2D eigenvalue weighted by Gasteiger charge is 2.31. The fourth-order valence-electron chi connectivity index (χ4n) is 3.82. The Balaban J connectivity index is 1.71. The zero-order valence-corrected chi connectivity index (χ0v) is 16.9. The van der Waals surface area contributed by atoms with E-state index in [-0.39, 0.29) is 11.8 Å². The molecule has 0 spiro atoms. The average Bonchev–Trinajstić information content (AvgIpc) is 3.13. The molecule has 30 heavy (non-hydrogen) atoms. The summed E-state index contributed by atoms with van der Waals surface area (Å²) >= 11 is 0. The van der Waals surface area contributed by atoms with E-state index in [4.69, 9.17) is 0 Å². The number of nitrogens with one attached hydrogen (secondary N) is 1. The zero-order chi connectivity index (χ0) is 21.3. The van der Waals surface area contributed by atoms with E-state index in [1.54, 1.807) is 12.1 Å². The van der Waals surface area contributed by atoms with Crippen LogP contribution in [0.2, 0.25) is 0 Å². The maximum Gasteiger partial charge on any atom is 0.573 e. The highest BCUT2D eigenvalue weighted by molar-refractivity contribution is 5.94. The van der Waals surface area contributed by atoms with Gasteiger partial charge in [-0.1, -0.05) is 0 Å². The topological polar surface area (TPSA) is 56.8 Å². The van der Waals surface area contributed by atoms with Crippen LogP contribution in [-0.2, 0) is 0 Å². The second-order valence-corrected chi connectivity index (χ2v) is 7.70. The predicted molar refractivity (Wildman–Crippen MR) is 111 cm³/mol. The number of benzene rings is 1. The Morgan fingerprint density at radius 1 is 1.10 bits per heavy atom. The molecule has 2 aliphatic heterocycles. The molecule has 9 heteroatoms. The van der Waals surface area contributed by atoms with Gasteiger partial charge in [-0.25, -0.2) is 0 Å². The number of nitrogens with zero attached hydrogens (tertiary/aromatic N) is 4. The summed E-state index contributed by atoms with van der Waals surface area (Å²) in [6.45, 7) is 5.68. The number of anilines is 1. The van der Waals surface area contributed by atoms with Gasteiger partial charge in [-0.15, -0.1) is 13.2 Å². The van der Waals surface area contributed by atoms with Crippen molar-refractivity contribution in [3.8, 4) is 17.0 Å². The van der Waals surface area contributed by atoms with Gasteiger partial charge in [-0.3, -0.25) is 10.1 Å². The number of dihydropyridines is 1. The fraction of sp³-hybridized carbons (Fsp3) is 0.429. The van der Waals surface area contributed by atoms with Gasteiger partial charge in [0.2, 0.25) is 0 Å². The van der Waals surface area contributed by atoms with Crippen LogP contribution in [0.15, 0.2) is 35.3 Å². The third-order valence-electron chi connectivity index (χ3n) is 5.38. The van der Waals surface area contributed by atoms with Crippen molar-refractivity contribution in [2.24, 2.45) is 4.99 Å². The normalized spacial score (nSPS) is 20.4. The molecule has 1 saturated heterocycles. The molecule has 1 aromatic carbocycles. The zero-order valence-electron chi connectivity index (χ0n) is 16.9. The molecule has 1 N–H and O–H groups in total. The number of aromatic amines is 1. The van der Waals surface area contributed by atoms with Gasteiger partial charge in [-0.2, -0.15) is 5.10 Å². The van der Waals surface area contributed by atoms with Crippen LogP contribution < -0.4 is 9.64 Å². The van der Waals surface area contributed by atoms with Gasteiger partial charge in [0.1, 0.15) is 5.75 Å². The summed E-state index contributed by atoms with van der Waals surface area (Å²) in [5.74, 6) is 0.631. The van der Waals surface area contributed by atoms with E-state index in [2.05, 4.69) is 43.7 Å². The van der Waals surface area contributed by atoms with Crippen LogP contribution >= 0.6 is 0 Å². The summed E-state index contributed by atoms with van der Waals surface area (Å²) in [6.07, 6.45) is -0.125. The molecule has 1 atom stereocenters. The van der Waals surface area contributed by atoms with Crippen LogP contribution in [0.5, 0.6) is 5.75 Å². The molecular formula is C21H24F3N5O. The molecular weight excluding hydrogens is 395 g/mol. The van der Waals surface area contributed by atoms with Crippen LogP contribution in [0.3, 0.4) is 0 Å². The number of alkyl halides is 3. The lowest BCUT2D eigenvalue weighted by Gasteiger charge is -2.33. The SMILES string of the molecule is CC1CC(c2c(N3CCN(C)CC3)n[nH]c2-c2ccc(OC(F)(F)F)cc2)=CC=N1. The van der Waals surface area contributed by atoms with Gasteiger partial charge in [0, 0.05) is 43.5 Å². The van der Waals surface area contributed by atoms with Crippen molar-refractivity contribution in [2.45, 2.75) is 25.7 Å². The number of likely N-dealkylation sites (N-methyl/N-ethyl adjacent to an activating group) is 1. The highest BCUT2D eigenvalue weighted by Crippen LogP contribution is 2.38. The predicted octanol–water partition coefficient (Wildman–Crippen LogP) is 3.97. The number of halogens is 3. The fourth-order valence-corrected chi connectivity index (χ4v) is 3.82. The number of allylic oxidation sites excluding steroid dienone is 1. The number of ether oxygens (including phenoxy) is 1. The third kappa shape index (κ3) is 4.51. The van der Waals surface area contributed by atoms with Gasteiger partial charge in [0.15, 0.2) is 5.82 Å². The Labute approximate surface area is 173 Å². The van der Waals surface area contributed by atoms with E-state index in [9.17, 15) is 13.2 Å². The minimum absolute atomic E-state index is 0.163. The minimum Gasteiger partial charge on any atom is -0.406 e. The molecule has 1 fully saturated rings. The molecule has 1 aromatic heterocycles. The van der Waals surface area contributed by atoms with Crippen LogP contribution in [0.25, 0.3) is 16.8 Å². The first-order chi connectivity index (χ1) is 14.3. The van der Waals surface area contributed by atoms with Crippen molar-refractivity contribution in [1.29, 1.82) is 0 Å². The van der Waals surface area contributed by atoms with Gasteiger partial charge >= 0.3 is 6.36 Å². The number of piperazine rings is 1. The Hall–Kier alpha value is -2.81. The van der Waals surface area contributed by atoms with Crippen LogP contribution in [-0.4, -0.2) is 66.9 Å². The Kier molecular flexibility index (Phi) is 5.55. The number of aliphatic imine (C=N–C) groups is 1. The molecule has 160 valence electrons. The quantitative estimate of drug-likeness (QED) is 0.815. The molecule has 2 aromatic rings. The lowest BCUT2D eigenvalue weighted by atomic mass is 9.94. The summed E-state index contributed by atoms with van der Waals surface area (Å²) in [5, 5.41) is 7.73. The van der Waals surface area contributed by atoms with Crippen molar-refractivity contribution in [3.63, 3.8) is 0 Å². The molecule has 0 saturated carbocycles. The number of rotatable bonds is 4. The summed E-state index contributed by atoms with van der Waals surface area (Å²) in [5.41, 5.74) is 3.65. The first-order valence-electron chi connectivity index (χ1n) is 9.91. The summed E-state index contributed by atoms with van der Waals surface area (Å²) in [4.78, 5) is 8.95. The first-order valence-corrected chi connectivity index (χ1v) is 9.91. The van der Waals surface area contributed by atoms with Gasteiger partial charge in [-0.05, 0) is 56.3 Å². The summed E-state index contributed by atoms with van der Waals surface area (Å²) in [7, 11) is 2.10. The van der Waals surface area contributed by atoms with E-state index < -0.39 is 6.36 Å². The molecule has 3 heterocycles. The Morgan fingerprint density at radius 2 is 1.80 bits per heavy atom. The van der Waals surface area contributed by atoms with E-state index in [1.165, 1.54) is 12.1 Å². The van der Waals surface area contributed by atoms with Gasteiger partial charge < -0.3 is 14.5 Å². The summed E-state index contributed by atoms with van der Waals surface area (Å²) in [6, 6.07) is 6.04. The van der Waals surface area contributed by atoms with E-state index in [1.807, 2.05) is 12.3 Å². The molecule has 0 amide bonds. The maximum absolute atomic E-state index is 12.5.